The summed E-state index contributed by atoms with van der Waals surface area (Å²) < 4.78 is 17.6. The summed E-state index contributed by atoms with van der Waals surface area (Å²) in [6.07, 6.45) is 0. The van der Waals surface area contributed by atoms with Crippen LogP contribution in [-0.2, 0) is 0 Å². The molecule has 0 fully saturated rings. The van der Waals surface area contributed by atoms with Crippen LogP contribution in [0.3, 0.4) is 0 Å². The third-order valence-electron chi connectivity index (χ3n) is 29.6. The Balaban J connectivity index is 0.000000141. The number of rotatable bonds is 15. The molecule has 0 aliphatic carbocycles. The normalized spacial score (nSPS) is 11.8. The number of fused-ring (bicyclic) bond motifs is 24. The van der Waals surface area contributed by atoms with E-state index in [1.165, 1.54) is 164 Å². The van der Waals surface area contributed by atoms with E-state index in [4.69, 9.17) is 8.83 Å². The van der Waals surface area contributed by atoms with Crippen molar-refractivity contribution in [1.82, 2.24) is 9.13 Å². The molecule has 4 aromatic heterocycles. The minimum atomic E-state index is 0.870. The van der Waals surface area contributed by atoms with Crippen molar-refractivity contribution in [1.29, 1.82) is 0 Å². The molecule has 0 N–H and O–H groups in total. The molecule has 29 aromatic rings. The Hall–Kier alpha value is -19.1. The first kappa shape index (κ1) is 83.1. The van der Waals surface area contributed by atoms with E-state index in [1.807, 2.05) is 24.3 Å². The fourth-order valence-electron chi connectivity index (χ4n) is 22.7. The zero-order valence-electron chi connectivity index (χ0n) is 78.4. The minimum absolute atomic E-state index is 0.870. The van der Waals surface area contributed by atoms with Gasteiger partial charge in [0.15, 0.2) is 0 Å². The van der Waals surface area contributed by atoms with Crippen molar-refractivity contribution in [2.45, 2.75) is 0 Å². The fourth-order valence-corrected chi connectivity index (χ4v) is 22.7. The molecule has 0 bridgehead atoms. The van der Waals surface area contributed by atoms with Crippen LogP contribution in [0.5, 0.6) is 0 Å². The first-order chi connectivity index (χ1) is 71.4. The first-order valence-electron chi connectivity index (χ1n) is 49.4. The van der Waals surface area contributed by atoms with Crippen LogP contribution in [-0.4, -0.2) is 9.13 Å². The first-order valence-corrected chi connectivity index (χ1v) is 49.4. The molecule has 0 radical (unpaired) electrons. The Morgan fingerprint density at radius 1 is 0.132 bits per heavy atom. The van der Waals surface area contributed by atoms with Gasteiger partial charge < -0.3 is 27.8 Å². The maximum absolute atomic E-state index is 6.37. The van der Waals surface area contributed by atoms with Gasteiger partial charge in [0.2, 0.25) is 0 Å². The molecule has 0 saturated heterocycles. The maximum atomic E-state index is 6.37. The minimum Gasteiger partial charge on any atom is -0.456 e. The van der Waals surface area contributed by atoms with Gasteiger partial charge >= 0.3 is 0 Å². The second kappa shape index (κ2) is 34.5. The molecular formula is C138H88N4O2. The largest absolute Gasteiger partial charge is 0.456 e. The molecule has 29 rings (SSSR count). The van der Waals surface area contributed by atoms with Gasteiger partial charge in [0, 0.05) is 66.4 Å². The van der Waals surface area contributed by atoms with Crippen LogP contribution in [0.1, 0.15) is 0 Å². The molecule has 0 spiro atoms. The fraction of sp³-hybridized carbons (Fsp3) is 0. The Morgan fingerprint density at radius 3 is 0.660 bits per heavy atom. The van der Waals surface area contributed by atoms with Crippen LogP contribution in [0.2, 0.25) is 0 Å². The van der Waals surface area contributed by atoms with Crippen LogP contribution in [0.15, 0.2) is 543 Å². The van der Waals surface area contributed by atoms with E-state index in [0.717, 1.165) is 112 Å². The van der Waals surface area contributed by atoms with Crippen molar-refractivity contribution in [3.05, 3.63) is 534 Å². The predicted molar refractivity (Wildman–Crippen MR) is 609 cm³/mol. The molecular weight excluding hydrogens is 1750 g/mol. The lowest BCUT2D eigenvalue weighted by Gasteiger charge is -2.26. The quantitative estimate of drug-likeness (QED) is 0.0960. The molecule has 25 aromatic carbocycles. The molecule has 0 aliphatic rings. The van der Waals surface area contributed by atoms with Gasteiger partial charge in [-0.15, -0.1) is 0 Å². The third-order valence-corrected chi connectivity index (χ3v) is 29.6. The van der Waals surface area contributed by atoms with E-state index in [1.54, 1.807) is 0 Å². The molecule has 672 valence electrons. The van der Waals surface area contributed by atoms with Gasteiger partial charge in [0.25, 0.3) is 0 Å². The highest BCUT2D eigenvalue weighted by Crippen LogP contribution is 2.50. The van der Waals surface area contributed by atoms with Gasteiger partial charge in [-0.2, -0.15) is 0 Å². The van der Waals surface area contributed by atoms with Crippen LogP contribution < -0.4 is 9.80 Å². The number of hydrogen-bond acceptors (Lipinski definition) is 4. The second-order valence-corrected chi connectivity index (χ2v) is 37.6. The number of para-hydroxylation sites is 4. The van der Waals surface area contributed by atoms with Crippen LogP contribution >= 0.6 is 0 Å². The molecule has 0 saturated carbocycles. The van der Waals surface area contributed by atoms with E-state index < -0.39 is 0 Å². The summed E-state index contributed by atoms with van der Waals surface area (Å²) >= 11 is 0. The topological polar surface area (TPSA) is 42.6 Å². The average molecular weight is 1830 g/mol. The van der Waals surface area contributed by atoms with Crippen molar-refractivity contribution in [3.63, 3.8) is 0 Å². The third kappa shape index (κ3) is 14.2. The van der Waals surface area contributed by atoms with Crippen LogP contribution in [0.25, 0.3) is 241 Å². The highest BCUT2D eigenvalue weighted by molar-refractivity contribution is 6.28. The summed E-state index contributed by atoms with van der Waals surface area (Å²) in [5.74, 6) is 0. The van der Waals surface area contributed by atoms with Crippen LogP contribution in [0.4, 0.5) is 34.1 Å². The van der Waals surface area contributed by atoms with Crippen molar-refractivity contribution in [2.75, 3.05) is 9.80 Å². The molecule has 0 aliphatic heterocycles. The van der Waals surface area contributed by atoms with Crippen molar-refractivity contribution < 1.29 is 8.83 Å². The van der Waals surface area contributed by atoms with Gasteiger partial charge in [-0.25, -0.2) is 0 Å². The molecule has 6 nitrogen and oxygen atoms in total. The summed E-state index contributed by atoms with van der Waals surface area (Å²) in [5, 5.41) is 24.7. The smallest absolute Gasteiger partial charge is 0.137 e. The average Bonchev–Trinajstić information content (AvgIpc) is 1.05. The highest BCUT2D eigenvalue weighted by atomic mass is 16.3. The number of hydrogen-bond donors (Lipinski definition) is 0. The Morgan fingerprint density at radius 2 is 0.340 bits per heavy atom. The molecule has 0 amide bonds. The Kier molecular flexibility index (Phi) is 19.9. The lowest BCUT2D eigenvalue weighted by atomic mass is 9.92. The van der Waals surface area contributed by atoms with E-state index in [0.29, 0.717) is 0 Å². The molecule has 0 atom stereocenters. The lowest BCUT2D eigenvalue weighted by Crippen LogP contribution is -2.10. The molecule has 4 heterocycles. The van der Waals surface area contributed by atoms with Crippen molar-refractivity contribution in [3.8, 4) is 89.3 Å². The van der Waals surface area contributed by atoms with Gasteiger partial charge in [-0.3, -0.25) is 0 Å². The summed E-state index contributed by atoms with van der Waals surface area (Å²) in [5.41, 5.74) is 33.5. The Bertz CT molecular complexity index is 10000. The number of aromatic nitrogens is 2. The van der Waals surface area contributed by atoms with E-state index in [-0.39, 0.29) is 0 Å². The lowest BCUT2D eigenvalue weighted by molar-refractivity contribution is 0.668. The highest BCUT2D eigenvalue weighted by Gasteiger charge is 2.26. The van der Waals surface area contributed by atoms with Gasteiger partial charge in [0.05, 0.1) is 44.2 Å². The van der Waals surface area contributed by atoms with E-state index >= 15 is 0 Å². The standard InChI is InChI=1S/C72H46N2O.C66H42N2O/c1-3-14-47(15-4-1)48-26-28-49(29-27-48)53-35-42-67-65(45-53)66-46-54(51-30-37-56(38-31-51)73(55-16-5-2-6-17-55)69-23-13-25-71-72(69)63-22-11-12-24-70(63)75-71)36-43-68(66)74(67)57-39-32-50(33-40-57)52-34-41-62-60-20-8-7-18-58(60)59-19-9-10-21-61(59)64(62)44-52;1-3-14-43(15-4-1)47-31-38-61-59(41-47)60-42-48(45-26-33-50(34-27-45)67(49-16-5-2-6-17-49)63-23-13-25-65-66(63)57-22-11-12-24-64(57)69-65)32-39-62(60)68(61)51-35-28-44(29-36-51)46-30-37-56-54-20-8-7-18-52(54)53-19-9-10-21-55(53)58(56)40-46/h1-46H;1-42H. The number of anilines is 6. The summed E-state index contributed by atoms with van der Waals surface area (Å²) in [4.78, 5) is 4.68. The van der Waals surface area contributed by atoms with Gasteiger partial charge in [-0.1, -0.05) is 364 Å². The predicted octanol–water partition coefficient (Wildman–Crippen LogP) is 38.9. The van der Waals surface area contributed by atoms with Crippen LogP contribution in [0, 0.1) is 0 Å². The van der Waals surface area contributed by atoms with Crippen molar-refractivity contribution in [2.24, 2.45) is 0 Å². The zero-order valence-corrected chi connectivity index (χ0v) is 78.4. The number of furan rings is 2. The zero-order chi connectivity index (χ0) is 94.8. The SMILES string of the molecule is c1ccc(-c2ccc(-c3ccc4c(c3)c3cc(-c5ccc(N(c6ccccc6)c6cccc7oc8ccccc8c67)cc5)ccc3n4-c3ccc(-c4ccc5c6ccccc6c6ccccc6c5c4)cc3)cc2)cc1.c1ccc(-c2ccc3c(c2)c2cc(-c4ccc(N(c5ccccc5)c5cccc6oc7ccccc7c56)cc4)ccc2n3-c2ccc(-c3ccc4c5ccccc5c5ccccc5c4c3)cc2)cc1. The molecule has 6 heteroatoms. The van der Waals surface area contributed by atoms with E-state index in [2.05, 4.69) is 529 Å². The van der Waals surface area contributed by atoms with E-state index in [9.17, 15) is 0 Å². The number of nitrogens with zero attached hydrogens (tertiary/aromatic N) is 4. The molecule has 0 unspecified atom stereocenters. The summed E-state index contributed by atoms with van der Waals surface area (Å²) in [6.45, 7) is 0. The molecule has 144 heavy (non-hydrogen) atoms. The Labute approximate surface area is 831 Å². The maximum Gasteiger partial charge on any atom is 0.137 e. The second-order valence-electron chi connectivity index (χ2n) is 37.6. The summed E-state index contributed by atoms with van der Waals surface area (Å²) in [7, 11) is 0. The van der Waals surface area contributed by atoms with Gasteiger partial charge in [-0.05, 0) is 312 Å². The summed E-state index contributed by atoms with van der Waals surface area (Å²) in [6, 6.07) is 194. The number of benzene rings is 25. The monoisotopic (exact) mass is 1830 g/mol. The van der Waals surface area contributed by atoms with Gasteiger partial charge in [0.1, 0.15) is 22.3 Å². The van der Waals surface area contributed by atoms with Crippen molar-refractivity contribution >= 4 is 186 Å².